The van der Waals surface area contributed by atoms with Crippen LogP contribution in [-0.4, -0.2) is 35.5 Å². The molecule has 0 aromatic carbocycles. The van der Waals surface area contributed by atoms with Crippen molar-refractivity contribution in [2.24, 2.45) is 5.41 Å². The Balaban J connectivity index is 1.74. The van der Waals surface area contributed by atoms with Crippen molar-refractivity contribution in [1.29, 1.82) is 0 Å². The number of rotatable bonds is 4. The van der Waals surface area contributed by atoms with Crippen molar-refractivity contribution in [3.63, 3.8) is 0 Å². The largest absolute Gasteiger partial charge is 0.339 e. The van der Waals surface area contributed by atoms with E-state index in [-0.39, 0.29) is 5.41 Å². The summed E-state index contributed by atoms with van der Waals surface area (Å²) in [5, 5.41) is 3.69. The molecule has 1 saturated carbocycles. The Kier molecular flexibility index (Phi) is 4.07. The summed E-state index contributed by atoms with van der Waals surface area (Å²) in [6, 6.07) is 1.83. The number of hydrogen-bond donors (Lipinski definition) is 1. The Labute approximate surface area is 123 Å². The SMILES string of the molecule is CCN(C(=O)C1(CC)CCCC1)C1CC2CCC(C1)N2. The van der Waals surface area contributed by atoms with Gasteiger partial charge in [0.2, 0.25) is 5.91 Å². The minimum Gasteiger partial charge on any atom is -0.339 e. The molecule has 1 aliphatic carbocycles. The van der Waals surface area contributed by atoms with Crippen LogP contribution in [0.2, 0.25) is 0 Å². The van der Waals surface area contributed by atoms with Gasteiger partial charge in [-0.2, -0.15) is 0 Å². The molecule has 1 amide bonds. The highest BCUT2D eigenvalue weighted by Gasteiger charge is 2.45. The summed E-state index contributed by atoms with van der Waals surface area (Å²) >= 11 is 0. The third-order valence-corrected chi connectivity index (χ3v) is 6.18. The third kappa shape index (κ3) is 2.38. The van der Waals surface area contributed by atoms with Crippen molar-refractivity contribution in [2.75, 3.05) is 6.54 Å². The van der Waals surface area contributed by atoms with E-state index in [1.54, 1.807) is 0 Å². The molecule has 0 aromatic rings. The van der Waals surface area contributed by atoms with E-state index in [1.165, 1.54) is 38.5 Å². The lowest BCUT2D eigenvalue weighted by Crippen LogP contribution is -2.53. The molecule has 2 saturated heterocycles. The lowest BCUT2D eigenvalue weighted by atomic mass is 9.81. The highest BCUT2D eigenvalue weighted by molar-refractivity contribution is 5.83. The van der Waals surface area contributed by atoms with Crippen LogP contribution < -0.4 is 5.32 Å². The Morgan fingerprint density at radius 1 is 1.15 bits per heavy atom. The zero-order chi connectivity index (χ0) is 14.2. The van der Waals surface area contributed by atoms with Crippen molar-refractivity contribution in [3.05, 3.63) is 0 Å². The number of nitrogens with one attached hydrogen (secondary N) is 1. The van der Waals surface area contributed by atoms with Crippen LogP contribution in [-0.2, 0) is 4.79 Å². The molecule has 0 aromatic heterocycles. The first-order valence-corrected chi connectivity index (χ1v) is 8.75. The van der Waals surface area contributed by atoms with Crippen molar-refractivity contribution >= 4 is 5.91 Å². The van der Waals surface area contributed by atoms with Crippen molar-refractivity contribution in [2.45, 2.75) is 89.8 Å². The maximum Gasteiger partial charge on any atom is 0.229 e. The summed E-state index contributed by atoms with van der Waals surface area (Å²) in [6.45, 7) is 5.27. The Morgan fingerprint density at radius 2 is 1.75 bits per heavy atom. The highest BCUT2D eigenvalue weighted by atomic mass is 16.2. The molecule has 2 bridgehead atoms. The molecule has 3 heteroatoms. The van der Waals surface area contributed by atoms with Crippen molar-refractivity contribution in [3.8, 4) is 0 Å². The van der Waals surface area contributed by atoms with E-state index >= 15 is 0 Å². The Bertz CT molecular complexity index is 350. The number of amides is 1. The first kappa shape index (κ1) is 14.4. The van der Waals surface area contributed by atoms with Gasteiger partial charge in [0, 0.05) is 30.1 Å². The number of carbonyl (C=O) groups is 1. The lowest BCUT2D eigenvalue weighted by Gasteiger charge is -2.41. The number of carbonyl (C=O) groups excluding carboxylic acids is 1. The fourth-order valence-electron chi connectivity index (χ4n) is 4.92. The Morgan fingerprint density at radius 3 is 2.25 bits per heavy atom. The number of nitrogens with zero attached hydrogens (tertiary/aromatic N) is 1. The quantitative estimate of drug-likeness (QED) is 0.857. The van der Waals surface area contributed by atoms with Crippen LogP contribution in [0.1, 0.15) is 71.6 Å². The maximum absolute atomic E-state index is 13.2. The molecule has 3 fully saturated rings. The average molecular weight is 278 g/mol. The Hall–Kier alpha value is -0.570. The van der Waals surface area contributed by atoms with E-state index in [9.17, 15) is 4.79 Å². The standard InChI is InChI=1S/C17H30N2O/c1-3-17(9-5-6-10-17)16(20)19(4-2)15-11-13-7-8-14(12-15)18-13/h13-15,18H,3-12H2,1-2H3. The van der Waals surface area contributed by atoms with Gasteiger partial charge < -0.3 is 10.2 Å². The van der Waals surface area contributed by atoms with Gasteiger partial charge in [-0.1, -0.05) is 19.8 Å². The number of hydrogen-bond acceptors (Lipinski definition) is 2. The third-order valence-electron chi connectivity index (χ3n) is 6.18. The first-order chi connectivity index (χ1) is 9.68. The molecule has 0 radical (unpaired) electrons. The fraction of sp³-hybridized carbons (Fsp3) is 0.941. The summed E-state index contributed by atoms with van der Waals surface area (Å²) < 4.78 is 0. The van der Waals surface area contributed by atoms with Gasteiger partial charge in [-0.3, -0.25) is 4.79 Å². The fourth-order valence-corrected chi connectivity index (χ4v) is 4.92. The van der Waals surface area contributed by atoms with Gasteiger partial charge in [0.15, 0.2) is 0 Å². The minimum absolute atomic E-state index is 0.0140. The van der Waals surface area contributed by atoms with Gasteiger partial charge in [0.25, 0.3) is 0 Å². The minimum atomic E-state index is -0.0140. The van der Waals surface area contributed by atoms with Crippen LogP contribution >= 0.6 is 0 Å². The zero-order valence-electron chi connectivity index (χ0n) is 13.2. The van der Waals surface area contributed by atoms with E-state index in [4.69, 9.17) is 0 Å². The van der Waals surface area contributed by atoms with Crippen LogP contribution in [0.15, 0.2) is 0 Å². The summed E-state index contributed by atoms with van der Waals surface area (Å²) in [6.07, 6.45) is 10.7. The van der Waals surface area contributed by atoms with Crippen LogP contribution in [0, 0.1) is 5.41 Å². The molecule has 3 nitrogen and oxygen atoms in total. The van der Waals surface area contributed by atoms with E-state index in [1.807, 2.05) is 0 Å². The molecule has 2 unspecified atom stereocenters. The molecule has 1 N–H and O–H groups in total. The predicted octanol–water partition coefficient (Wildman–Crippen LogP) is 3.09. The molecule has 3 aliphatic rings. The molecule has 114 valence electrons. The first-order valence-electron chi connectivity index (χ1n) is 8.75. The smallest absolute Gasteiger partial charge is 0.229 e. The zero-order valence-corrected chi connectivity index (χ0v) is 13.2. The van der Waals surface area contributed by atoms with Gasteiger partial charge in [0.1, 0.15) is 0 Å². The average Bonchev–Trinajstić information content (AvgIpc) is 3.07. The molecular formula is C17H30N2O. The predicted molar refractivity (Wildman–Crippen MR) is 81.5 cm³/mol. The lowest BCUT2D eigenvalue weighted by molar-refractivity contribution is -0.145. The van der Waals surface area contributed by atoms with Gasteiger partial charge in [-0.15, -0.1) is 0 Å². The molecule has 3 rings (SSSR count). The van der Waals surface area contributed by atoms with Gasteiger partial charge >= 0.3 is 0 Å². The number of fused-ring (bicyclic) bond motifs is 2. The van der Waals surface area contributed by atoms with E-state index in [0.29, 0.717) is 24.0 Å². The summed E-state index contributed by atoms with van der Waals surface area (Å²) in [7, 11) is 0. The topological polar surface area (TPSA) is 32.3 Å². The monoisotopic (exact) mass is 278 g/mol. The van der Waals surface area contributed by atoms with Crippen molar-refractivity contribution < 1.29 is 4.79 Å². The second-order valence-electron chi connectivity index (χ2n) is 7.20. The van der Waals surface area contributed by atoms with Gasteiger partial charge in [-0.05, 0) is 51.9 Å². The molecule has 20 heavy (non-hydrogen) atoms. The van der Waals surface area contributed by atoms with E-state index < -0.39 is 0 Å². The van der Waals surface area contributed by atoms with Crippen LogP contribution in [0.5, 0.6) is 0 Å². The normalized spacial score (nSPS) is 35.2. The van der Waals surface area contributed by atoms with Gasteiger partial charge in [-0.25, -0.2) is 0 Å². The molecule has 2 atom stereocenters. The molecule has 2 heterocycles. The van der Waals surface area contributed by atoms with Crippen LogP contribution in [0.3, 0.4) is 0 Å². The van der Waals surface area contributed by atoms with Gasteiger partial charge in [0.05, 0.1) is 0 Å². The van der Waals surface area contributed by atoms with Crippen molar-refractivity contribution in [1.82, 2.24) is 10.2 Å². The second-order valence-corrected chi connectivity index (χ2v) is 7.20. The van der Waals surface area contributed by atoms with E-state index in [0.717, 1.165) is 25.8 Å². The summed E-state index contributed by atoms with van der Waals surface area (Å²) in [5.74, 6) is 0.478. The van der Waals surface area contributed by atoms with Crippen LogP contribution in [0.25, 0.3) is 0 Å². The molecular weight excluding hydrogens is 248 g/mol. The maximum atomic E-state index is 13.2. The van der Waals surface area contributed by atoms with E-state index in [2.05, 4.69) is 24.1 Å². The summed E-state index contributed by atoms with van der Waals surface area (Å²) in [5.41, 5.74) is -0.0140. The number of piperidine rings is 1. The second kappa shape index (κ2) is 5.67. The molecule has 0 spiro atoms. The summed E-state index contributed by atoms with van der Waals surface area (Å²) in [4.78, 5) is 15.4. The molecule has 2 aliphatic heterocycles. The highest BCUT2D eigenvalue weighted by Crippen LogP contribution is 2.43. The van der Waals surface area contributed by atoms with Crippen LogP contribution in [0.4, 0.5) is 0 Å².